The predicted molar refractivity (Wildman–Crippen MR) is 62.7 cm³/mol. The zero-order chi connectivity index (χ0) is 12.2. The van der Waals surface area contributed by atoms with E-state index in [1.165, 1.54) is 6.42 Å². The molecule has 1 aliphatic rings. The van der Waals surface area contributed by atoms with E-state index < -0.39 is 5.41 Å². The van der Waals surface area contributed by atoms with Crippen LogP contribution in [0, 0.1) is 5.41 Å². The van der Waals surface area contributed by atoms with E-state index in [1.54, 1.807) is 0 Å². The molecule has 0 unspecified atom stereocenters. The molecule has 0 amide bonds. The van der Waals surface area contributed by atoms with Crippen molar-refractivity contribution in [2.75, 3.05) is 0 Å². The summed E-state index contributed by atoms with van der Waals surface area (Å²) in [7, 11) is 0. The standard InChI is InChI=1S/C13H24O3/c1-5-12(2,3)11(14)15-16-13(4)9-7-6-8-10-13/h5-10H2,1-4H3. The Balaban J connectivity index is 2.41. The van der Waals surface area contributed by atoms with Crippen molar-refractivity contribution < 1.29 is 14.6 Å². The Morgan fingerprint density at radius 1 is 1.25 bits per heavy atom. The number of carbonyl (C=O) groups is 1. The first kappa shape index (κ1) is 13.5. The van der Waals surface area contributed by atoms with Gasteiger partial charge in [-0.2, -0.15) is 4.89 Å². The van der Waals surface area contributed by atoms with Crippen LogP contribution in [0.1, 0.15) is 66.2 Å². The zero-order valence-electron chi connectivity index (χ0n) is 11.0. The smallest absolute Gasteiger partial charge is 0.297 e. The van der Waals surface area contributed by atoms with Crippen molar-refractivity contribution in [3.63, 3.8) is 0 Å². The Morgan fingerprint density at radius 3 is 2.31 bits per heavy atom. The molecule has 0 atom stereocenters. The summed E-state index contributed by atoms with van der Waals surface area (Å²) in [6.45, 7) is 7.76. The molecule has 0 radical (unpaired) electrons. The molecule has 0 aromatic heterocycles. The highest BCUT2D eigenvalue weighted by Gasteiger charge is 2.34. The molecule has 1 rings (SSSR count). The molecule has 0 N–H and O–H groups in total. The first-order chi connectivity index (χ1) is 7.40. The van der Waals surface area contributed by atoms with E-state index in [9.17, 15) is 4.79 Å². The quantitative estimate of drug-likeness (QED) is 0.544. The first-order valence-electron chi connectivity index (χ1n) is 6.30. The van der Waals surface area contributed by atoms with Gasteiger partial charge in [0.25, 0.3) is 0 Å². The Morgan fingerprint density at radius 2 is 1.81 bits per heavy atom. The molecule has 1 aliphatic carbocycles. The molecule has 3 heteroatoms. The second kappa shape index (κ2) is 5.17. The molecule has 94 valence electrons. The van der Waals surface area contributed by atoms with Crippen molar-refractivity contribution in [2.24, 2.45) is 5.41 Å². The van der Waals surface area contributed by atoms with E-state index in [4.69, 9.17) is 9.78 Å². The van der Waals surface area contributed by atoms with Gasteiger partial charge in [-0.05, 0) is 40.0 Å². The Bertz CT molecular complexity index is 240. The molecular weight excluding hydrogens is 204 g/mol. The Hall–Kier alpha value is -0.570. The average Bonchev–Trinajstić information content (AvgIpc) is 2.27. The highest BCUT2D eigenvalue weighted by Crippen LogP contribution is 2.32. The summed E-state index contributed by atoms with van der Waals surface area (Å²) in [5.41, 5.74) is -0.719. The van der Waals surface area contributed by atoms with Crippen molar-refractivity contribution in [3.8, 4) is 0 Å². The van der Waals surface area contributed by atoms with E-state index in [-0.39, 0.29) is 11.6 Å². The molecule has 1 fully saturated rings. The van der Waals surface area contributed by atoms with E-state index in [0.29, 0.717) is 0 Å². The lowest BCUT2D eigenvalue weighted by atomic mass is 9.87. The minimum Gasteiger partial charge on any atom is -0.297 e. The third kappa shape index (κ3) is 3.48. The molecule has 0 bridgehead atoms. The van der Waals surface area contributed by atoms with Gasteiger partial charge in [0.2, 0.25) is 0 Å². The van der Waals surface area contributed by atoms with Crippen LogP contribution in [0.2, 0.25) is 0 Å². The maximum atomic E-state index is 11.7. The Labute approximate surface area is 98.4 Å². The lowest BCUT2D eigenvalue weighted by Gasteiger charge is -2.32. The van der Waals surface area contributed by atoms with Gasteiger partial charge in [0.05, 0.1) is 5.41 Å². The van der Waals surface area contributed by atoms with Gasteiger partial charge >= 0.3 is 5.97 Å². The fourth-order valence-electron chi connectivity index (χ4n) is 1.78. The van der Waals surface area contributed by atoms with Crippen LogP contribution < -0.4 is 0 Å². The SMILES string of the molecule is CCC(C)(C)C(=O)OOC1(C)CCCCC1. The average molecular weight is 228 g/mol. The van der Waals surface area contributed by atoms with Gasteiger partial charge in [0.15, 0.2) is 0 Å². The molecule has 0 spiro atoms. The van der Waals surface area contributed by atoms with E-state index in [0.717, 1.165) is 32.1 Å². The number of rotatable bonds is 4. The summed E-state index contributed by atoms with van der Waals surface area (Å²) in [6, 6.07) is 0. The molecule has 3 nitrogen and oxygen atoms in total. The molecular formula is C13H24O3. The number of carbonyl (C=O) groups excluding carboxylic acids is 1. The minimum absolute atomic E-state index is 0.262. The van der Waals surface area contributed by atoms with Gasteiger partial charge < -0.3 is 0 Å². The zero-order valence-corrected chi connectivity index (χ0v) is 11.0. The minimum atomic E-state index is -0.453. The highest BCUT2D eigenvalue weighted by molar-refractivity contribution is 5.75. The molecule has 0 saturated heterocycles. The molecule has 16 heavy (non-hydrogen) atoms. The van der Waals surface area contributed by atoms with E-state index >= 15 is 0 Å². The van der Waals surface area contributed by atoms with Gasteiger partial charge in [0.1, 0.15) is 5.60 Å². The number of hydrogen-bond acceptors (Lipinski definition) is 3. The molecule has 0 heterocycles. The molecule has 0 aliphatic heterocycles. The molecule has 0 aromatic rings. The summed E-state index contributed by atoms with van der Waals surface area (Å²) in [4.78, 5) is 22.1. The molecule has 0 aromatic carbocycles. The van der Waals surface area contributed by atoms with Crippen LogP contribution in [-0.4, -0.2) is 11.6 Å². The van der Waals surface area contributed by atoms with Crippen LogP contribution in [0.3, 0.4) is 0 Å². The van der Waals surface area contributed by atoms with E-state index in [1.807, 2.05) is 27.7 Å². The van der Waals surface area contributed by atoms with Crippen molar-refractivity contribution in [1.29, 1.82) is 0 Å². The summed E-state index contributed by atoms with van der Waals surface area (Å²) in [5.74, 6) is -0.262. The monoisotopic (exact) mass is 228 g/mol. The normalized spacial score (nSPS) is 20.5. The predicted octanol–water partition coefficient (Wildman–Crippen LogP) is 3.62. The summed E-state index contributed by atoms with van der Waals surface area (Å²) in [5, 5.41) is 0. The van der Waals surface area contributed by atoms with Gasteiger partial charge in [-0.25, -0.2) is 4.79 Å². The second-order valence-electron chi connectivity index (χ2n) is 5.70. The van der Waals surface area contributed by atoms with Crippen molar-refractivity contribution in [1.82, 2.24) is 0 Å². The molecule has 1 saturated carbocycles. The van der Waals surface area contributed by atoms with Crippen LogP contribution in [0.5, 0.6) is 0 Å². The second-order valence-corrected chi connectivity index (χ2v) is 5.70. The fraction of sp³-hybridized carbons (Fsp3) is 0.923. The summed E-state index contributed by atoms with van der Waals surface area (Å²) < 4.78 is 0. The van der Waals surface area contributed by atoms with Crippen LogP contribution in [0.25, 0.3) is 0 Å². The Kier molecular flexibility index (Phi) is 4.36. The topological polar surface area (TPSA) is 35.5 Å². The fourth-order valence-corrected chi connectivity index (χ4v) is 1.78. The van der Waals surface area contributed by atoms with E-state index in [2.05, 4.69) is 0 Å². The highest BCUT2D eigenvalue weighted by atomic mass is 17.2. The summed E-state index contributed by atoms with van der Waals surface area (Å²) in [6.07, 6.45) is 6.29. The largest absolute Gasteiger partial charge is 0.347 e. The van der Waals surface area contributed by atoms with Gasteiger partial charge in [0, 0.05) is 0 Å². The van der Waals surface area contributed by atoms with Crippen LogP contribution >= 0.6 is 0 Å². The maximum Gasteiger partial charge on any atom is 0.347 e. The lowest BCUT2D eigenvalue weighted by Crippen LogP contribution is -2.35. The van der Waals surface area contributed by atoms with Crippen molar-refractivity contribution in [2.45, 2.75) is 71.8 Å². The van der Waals surface area contributed by atoms with Gasteiger partial charge in [-0.3, -0.25) is 4.89 Å². The van der Waals surface area contributed by atoms with Crippen molar-refractivity contribution in [3.05, 3.63) is 0 Å². The van der Waals surface area contributed by atoms with Crippen LogP contribution in [0.15, 0.2) is 0 Å². The van der Waals surface area contributed by atoms with Crippen LogP contribution in [0.4, 0.5) is 0 Å². The maximum absolute atomic E-state index is 11.7. The summed E-state index contributed by atoms with van der Waals surface area (Å²) >= 11 is 0. The first-order valence-corrected chi connectivity index (χ1v) is 6.30. The van der Waals surface area contributed by atoms with Crippen molar-refractivity contribution >= 4 is 5.97 Å². The van der Waals surface area contributed by atoms with Crippen LogP contribution in [-0.2, 0) is 14.6 Å². The lowest BCUT2D eigenvalue weighted by molar-refractivity contribution is -0.340. The third-order valence-corrected chi connectivity index (χ3v) is 3.67. The number of hydrogen-bond donors (Lipinski definition) is 0. The van der Waals surface area contributed by atoms with Gasteiger partial charge in [-0.15, -0.1) is 0 Å². The van der Waals surface area contributed by atoms with Gasteiger partial charge in [-0.1, -0.05) is 26.2 Å². The third-order valence-electron chi connectivity index (χ3n) is 3.67.